The summed E-state index contributed by atoms with van der Waals surface area (Å²) < 4.78 is 14.0. The number of rotatable bonds is 11. The van der Waals surface area contributed by atoms with E-state index in [1.54, 1.807) is 12.1 Å². The Balaban J connectivity index is 1.33. The molecule has 0 aliphatic carbocycles. The number of aromatic hydroxyl groups is 1. The Morgan fingerprint density at radius 3 is 2.51 bits per heavy atom. The van der Waals surface area contributed by atoms with Gasteiger partial charge < -0.3 is 26.2 Å². The van der Waals surface area contributed by atoms with E-state index in [0.717, 1.165) is 21.9 Å². The van der Waals surface area contributed by atoms with Crippen LogP contribution in [-0.4, -0.2) is 79.2 Å². The predicted octanol–water partition coefficient (Wildman–Crippen LogP) is 3.39. The number of amides is 4. The number of phenolic OH excluding ortho intramolecular Hbond substituents is 1. The summed E-state index contributed by atoms with van der Waals surface area (Å²) in [6.45, 7) is 0.295. The summed E-state index contributed by atoms with van der Waals surface area (Å²) in [5, 5.41) is 27.5. The molecule has 49 heavy (non-hydrogen) atoms. The van der Waals surface area contributed by atoms with Crippen molar-refractivity contribution in [3.63, 3.8) is 0 Å². The second kappa shape index (κ2) is 14.5. The van der Waals surface area contributed by atoms with Gasteiger partial charge in [0.05, 0.1) is 5.75 Å². The minimum absolute atomic E-state index is 0.0654. The molecule has 0 spiro atoms. The lowest BCUT2D eigenvalue weighted by Crippen LogP contribution is -2.70. The van der Waals surface area contributed by atoms with E-state index in [0.29, 0.717) is 17.7 Å². The maximum Gasteiger partial charge on any atom is 0.352 e. The number of phenols is 1. The largest absolute Gasteiger partial charge is 0.505 e. The third kappa shape index (κ3) is 7.17. The molecule has 2 aromatic carbocycles. The number of β-lactam (4-membered cyclic amide) rings is 1. The lowest BCUT2D eigenvalue weighted by molar-refractivity contribution is -0.150. The molecule has 12 nitrogen and oxygen atoms in total. The van der Waals surface area contributed by atoms with Crippen molar-refractivity contribution in [2.24, 2.45) is 0 Å². The number of carbonyl (C=O) groups excluding carboxylic acids is 4. The minimum atomic E-state index is -1.40. The number of nitrogens with one attached hydrogen (secondary N) is 3. The molecular weight excluding hydrogens is 674 g/mol. The van der Waals surface area contributed by atoms with Crippen LogP contribution >= 0.6 is 23.5 Å². The maximum absolute atomic E-state index is 14.0. The van der Waals surface area contributed by atoms with Gasteiger partial charge >= 0.3 is 5.97 Å². The Kier molecular flexibility index (Phi) is 10.0. The average molecular weight is 704 g/mol. The van der Waals surface area contributed by atoms with Crippen LogP contribution in [0.25, 0.3) is 0 Å². The number of aliphatic carboxylic acids is 1. The van der Waals surface area contributed by atoms with Crippen LogP contribution in [0.5, 0.6) is 5.75 Å². The highest BCUT2D eigenvalue weighted by molar-refractivity contribution is 8.00. The fraction of sp³-hybridized carbons (Fsp3) is 0.235. The van der Waals surface area contributed by atoms with E-state index in [4.69, 9.17) is 0 Å². The maximum atomic E-state index is 14.0. The number of pyridine rings is 1. The summed E-state index contributed by atoms with van der Waals surface area (Å²) in [6.07, 6.45) is 2.98. The van der Waals surface area contributed by atoms with Gasteiger partial charge in [-0.3, -0.25) is 29.1 Å². The van der Waals surface area contributed by atoms with Crippen molar-refractivity contribution in [1.29, 1.82) is 0 Å². The lowest BCUT2D eigenvalue weighted by atomic mass is 9.80. The van der Waals surface area contributed by atoms with Crippen molar-refractivity contribution >= 4 is 58.8 Å². The van der Waals surface area contributed by atoms with E-state index >= 15 is 0 Å². The van der Waals surface area contributed by atoms with E-state index in [-0.39, 0.29) is 52.8 Å². The summed E-state index contributed by atoms with van der Waals surface area (Å²) in [5.41, 5.74) is 1.13. The first-order valence-electron chi connectivity index (χ1n) is 15.2. The number of halogens is 1. The van der Waals surface area contributed by atoms with Gasteiger partial charge in [0.25, 0.3) is 5.91 Å². The summed E-state index contributed by atoms with van der Waals surface area (Å²) in [5.74, 6) is -5.60. The van der Waals surface area contributed by atoms with Crippen LogP contribution in [0, 0.1) is 5.82 Å². The molecule has 252 valence electrons. The van der Waals surface area contributed by atoms with Crippen LogP contribution in [0.3, 0.4) is 0 Å². The third-order valence-corrected chi connectivity index (χ3v) is 10.6. The van der Waals surface area contributed by atoms with Gasteiger partial charge in [-0.25, -0.2) is 9.18 Å². The fourth-order valence-electron chi connectivity index (χ4n) is 6.05. The summed E-state index contributed by atoms with van der Waals surface area (Å²) >= 11 is 2.56. The number of allylic oxidation sites excluding steroid dienone is 1. The van der Waals surface area contributed by atoms with Crippen LogP contribution in [0.2, 0.25) is 0 Å². The molecule has 2 fully saturated rings. The van der Waals surface area contributed by atoms with E-state index in [9.17, 15) is 38.6 Å². The quantitative estimate of drug-likeness (QED) is 0.0861. The van der Waals surface area contributed by atoms with Crippen LogP contribution in [0.1, 0.15) is 24.3 Å². The van der Waals surface area contributed by atoms with Gasteiger partial charge in [-0.2, -0.15) is 0 Å². The zero-order valence-electron chi connectivity index (χ0n) is 25.7. The molecule has 0 bridgehead atoms. The van der Waals surface area contributed by atoms with Crippen molar-refractivity contribution in [3.05, 3.63) is 107 Å². The molecule has 1 aromatic heterocycles. The number of thioether (sulfide) groups is 2. The first-order valence-corrected chi connectivity index (χ1v) is 17.2. The molecule has 0 saturated carbocycles. The number of nitrogens with zero attached hydrogens (tertiary/aromatic N) is 2. The van der Waals surface area contributed by atoms with Crippen molar-refractivity contribution in [1.82, 2.24) is 20.5 Å². The molecule has 4 amide bonds. The van der Waals surface area contributed by atoms with Gasteiger partial charge in [-0.1, -0.05) is 18.2 Å². The molecule has 3 atom stereocenters. The van der Waals surface area contributed by atoms with Gasteiger partial charge in [0.15, 0.2) is 11.6 Å². The molecule has 0 radical (unpaired) electrons. The van der Waals surface area contributed by atoms with E-state index < -0.39 is 52.6 Å². The minimum Gasteiger partial charge on any atom is -0.505 e. The zero-order valence-corrected chi connectivity index (χ0v) is 27.4. The molecule has 3 aliphatic heterocycles. The highest BCUT2D eigenvalue weighted by Crippen LogP contribution is 2.47. The second-order valence-electron chi connectivity index (χ2n) is 11.3. The molecule has 15 heteroatoms. The van der Waals surface area contributed by atoms with Crippen LogP contribution in [0.15, 0.2) is 100 Å². The molecule has 6 rings (SSSR count). The molecule has 1 unspecified atom stereocenters. The first-order chi connectivity index (χ1) is 23.6. The summed E-state index contributed by atoms with van der Waals surface area (Å²) in [4.78, 5) is 72.1. The highest BCUT2D eigenvalue weighted by atomic mass is 32.2. The van der Waals surface area contributed by atoms with Gasteiger partial charge in [0, 0.05) is 59.3 Å². The number of carboxylic acid groups (broad SMARTS) is 1. The van der Waals surface area contributed by atoms with Gasteiger partial charge in [-0.05, 0) is 59.5 Å². The first kappa shape index (κ1) is 33.7. The average Bonchev–Trinajstić information content (AvgIpc) is 3.52. The van der Waals surface area contributed by atoms with E-state index in [2.05, 4.69) is 20.9 Å². The smallest absolute Gasteiger partial charge is 0.352 e. The lowest BCUT2D eigenvalue weighted by Gasteiger charge is -2.50. The Labute approximate surface area is 288 Å². The van der Waals surface area contributed by atoms with Crippen molar-refractivity contribution in [3.8, 4) is 5.75 Å². The summed E-state index contributed by atoms with van der Waals surface area (Å²) in [7, 11) is 0. The number of anilines is 1. The molecule has 3 aliphatic rings. The zero-order chi connectivity index (χ0) is 34.7. The number of carbonyl (C=O) groups is 5. The second-order valence-corrected chi connectivity index (χ2v) is 13.5. The SMILES string of the molecule is O=C(CC(C(=C1CCNC1=O)C1=C(C(=O)O)N2C(=O)[C@@H](NC(=O)CSc3ccccc3)[C@H]2SC1)c1ccncc1)Nc1ccc(O)c(F)c1. The number of aromatic nitrogens is 1. The van der Waals surface area contributed by atoms with Gasteiger partial charge in [0.2, 0.25) is 17.7 Å². The molecular formula is C34H30FN5O7S2. The van der Waals surface area contributed by atoms with Gasteiger partial charge in [-0.15, -0.1) is 23.5 Å². The molecule has 4 heterocycles. The molecule has 3 aromatic rings. The van der Waals surface area contributed by atoms with E-state index in [1.165, 1.54) is 42.0 Å². The monoisotopic (exact) mass is 703 g/mol. The van der Waals surface area contributed by atoms with Crippen LogP contribution in [-0.2, 0) is 24.0 Å². The number of hydrogen-bond acceptors (Lipinski definition) is 9. The highest BCUT2D eigenvalue weighted by Gasteiger charge is 2.55. The topological polar surface area (TPSA) is 178 Å². The molecule has 2 saturated heterocycles. The third-order valence-electron chi connectivity index (χ3n) is 8.26. The van der Waals surface area contributed by atoms with Crippen molar-refractivity contribution < 1.29 is 38.6 Å². The normalized spacial score (nSPS) is 20.1. The van der Waals surface area contributed by atoms with Crippen LogP contribution in [0.4, 0.5) is 10.1 Å². The Bertz CT molecular complexity index is 1890. The van der Waals surface area contributed by atoms with Crippen molar-refractivity contribution in [2.45, 2.75) is 35.1 Å². The van der Waals surface area contributed by atoms with E-state index in [1.807, 2.05) is 30.3 Å². The number of carboxylic acids is 1. The van der Waals surface area contributed by atoms with Crippen molar-refractivity contribution in [2.75, 3.05) is 23.4 Å². The van der Waals surface area contributed by atoms with Gasteiger partial charge in [0.1, 0.15) is 17.1 Å². The van der Waals surface area contributed by atoms with Crippen LogP contribution < -0.4 is 16.0 Å². The Hall–Kier alpha value is -5.15. The Morgan fingerprint density at radius 1 is 1.08 bits per heavy atom. The predicted molar refractivity (Wildman–Crippen MR) is 180 cm³/mol. The Morgan fingerprint density at radius 2 is 1.84 bits per heavy atom. The number of fused-ring (bicyclic) bond motifs is 1. The molecule has 5 N–H and O–H groups in total. The summed E-state index contributed by atoms with van der Waals surface area (Å²) in [6, 6.07) is 15.1. The number of hydrogen-bond donors (Lipinski definition) is 5. The number of benzene rings is 2. The fourth-order valence-corrected chi connectivity index (χ4v) is 8.15. The standard InChI is InChI=1S/C34H30FN5O7S2/c35-24-14-19(6-7-25(24)41)38-26(42)15-22(18-8-11-36-12-9-18)28(21-10-13-37-31(21)44)23-16-49-33-29(32(45)40(33)30(23)34(46)47)39-27(43)17-48-20-4-2-1-3-5-20/h1-9,11-12,14,22,29,33,41H,10,13,15-17H2,(H,37,44)(H,38,42)(H,39,43)(H,46,47)/t22?,29-,33-/m1/s1.